The summed E-state index contributed by atoms with van der Waals surface area (Å²) in [5.41, 5.74) is 7.00. The van der Waals surface area contributed by atoms with Crippen LogP contribution in [0, 0.1) is 5.92 Å². The van der Waals surface area contributed by atoms with Crippen LogP contribution in [0.15, 0.2) is 24.3 Å². The number of hydrogen-bond donors (Lipinski definition) is 3. The summed E-state index contributed by atoms with van der Waals surface area (Å²) in [6, 6.07) is 6.32. The first-order valence-corrected chi connectivity index (χ1v) is 8.04. The molecule has 0 saturated carbocycles. The van der Waals surface area contributed by atoms with E-state index in [9.17, 15) is 13.2 Å². The van der Waals surface area contributed by atoms with Gasteiger partial charge < -0.3 is 11.1 Å². The summed E-state index contributed by atoms with van der Waals surface area (Å²) in [5.74, 6) is -0.150. The second-order valence-corrected chi connectivity index (χ2v) is 6.78. The van der Waals surface area contributed by atoms with Crippen LogP contribution in [0.3, 0.4) is 0 Å². The van der Waals surface area contributed by atoms with Crippen LogP contribution in [-0.4, -0.2) is 20.4 Å². The van der Waals surface area contributed by atoms with Gasteiger partial charge in [-0.15, -0.1) is 0 Å². The lowest BCUT2D eigenvalue weighted by atomic mass is 10.0. The van der Waals surface area contributed by atoms with Crippen LogP contribution < -0.4 is 16.2 Å². The molecular formula is C13H21N3O3S. The van der Waals surface area contributed by atoms with E-state index < -0.39 is 10.0 Å². The predicted octanol–water partition coefficient (Wildman–Crippen LogP) is 0.787. The maximum absolute atomic E-state index is 11.7. The molecule has 0 heterocycles. The van der Waals surface area contributed by atoms with Gasteiger partial charge in [0.15, 0.2) is 0 Å². The highest BCUT2D eigenvalue weighted by Crippen LogP contribution is 2.12. The van der Waals surface area contributed by atoms with E-state index in [2.05, 4.69) is 5.32 Å². The van der Waals surface area contributed by atoms with Crippen molar-refractivity contribution in [3.05, 3.63) is 29.8 Å². The van der Waals surface area contributed by atoms with Gasteiger partial charge in [-0.3, -0.25) is 4.79 Å². The monoisotopic (exact) mass is 299 g/mol. The molecule has 0 aliphatic rings. The van der Waals surface area contributed by atoms with Gasteiger partial charge in [-0.25, -0.2) is 13.6 Å². The average molecular weight is 299 g/mol. The standard InChI is InChI=1S/C13H21N3O3S/c1-9(2)12(14)7-13(17)16-11-5-3-10(4-6-11)8-20(15,18)19/h3-6,9,12H,7-8,14H2,1-2H3,(H,16,17)(H2,15,18,19). The van der Waals surface area contributed by atoms with Crippen LogP contribution >= 0.6 is 0 Å². The molecule has 0 spiro atoms. The SMILES string of the molecule is CC(C)C(N)CC(=O)Nc1ccc(CS(N)(=O)=O)cc1. The van der Waals surface area contributed by atoms with E-state index in [0.29, 0.717) is 11.3 Å². The number of anilines is 1. The fraction of sp³-hybridized carbons (Fsp3) is 0.462. The number of benzene rings is 1. The maximum atomic E-state index is 11.7. The van der Waals surface area contributed by atoms with Crippen molar-refractivity contribution >= 4 is 21.6 Å². The first kappa shape index (κ1) is 16.6. The van der Waals surface area contributed by atoms with Gasteiger partial charge in [-0.05, 0) is 23.6 Å². The van der Waals surface area contributed by atoms with E-state index in [0.717, 1.165) is 0 Å². The van der Waals surface area contributed by atoms with Gasteiger partial charge in [-0.1, -0.05) is 26.0 Å². The number of carbonyl (C=O) groups excluding carboxylic acids is 1. The molecule has 0 aliphatic carbocycles. The molecule has 20 heavy (non-hydrogen) atoms. The Labute approximate surface area is 119 Å². The van der Waals surface area contributed by atoms with Crippen molar-refractivity contribution < 1.29 is 13.2 Å². The summed E-state index contributed by atoms with van der Waals surface area (Å²) < 4.78 is 21.9. The fourth-order valence-corrected chi connectivity index (χ4v) is 2.24. The van der Waals surface area contributed by atoms with Gasteiger partial charge in [0, 0.05) is 18.2 Å². The largest absolute Gasteiger partial charge is 0.327 e. The van der Waals surface area contributed by atoms with E-state index >= 15 is 0 Å². The average Bonchev–Trinajstić information content (AvgIpc) is 2.29. The van der Waals surface area contributed by atoms with Crippen molar-refractivity contribution in [1.29, 1.82) is 0 Å². The highest BCUT2D eigenvalue weighted by Gasteiger charge is 2.13. The highest BCUT2D eigenvalue weighted by atomic mass is 32.2. The Balaban J connectivity index is 2.59. The second-order valence-electron chi connectivity index (χ2n) is 5.16. The molecular weight excluding hydrogens is 278 g/mol. The number of rotatable bonds is 6. The van der Waals surface area contributed by atoms with Crippen LogP contribution in [0.25, 0.3) is 0 Å². The molecule has 0 saturated heterocycles. The molecule has 1 aromatic rings. The molecule has 1 unspecified atom stereocenters. The number of hydrogen-bond acceptors (Lipinski definition) is 4. The molecule has 1 amide bonds. The van der Waals surface area contributed by atoms with Crippen molar-refractivity contribution in [1.82, 2.24) is 0 Å². The Hall–Kier alpha value is -1.44. The van der Waals surface area contributed by atoms with Gasteiger partial charge in [-0.2, -0.15) is 0 Å². The number of sulfonamides is 1. The summed E-state index contributed by atoms with van der Waals surface area (Å²) >= 11 is 0. The summed E-state index contributed by atoms with van der Waals surface area (Å²) in [7, 11) is -3.54. The zero-order valence-corrected chi connectivity index (χ0v) is 12.5. The zero-order chi connectivity index (χ0) is 15.3. The van der Waals surface area contributed by atoms with Gasteiger partial charge in [0.05, 0.1) is 5.75 Å². The molecule has 0 fully saturated rings. The van der Waals surface area contributed by atoms with Crippen molar-refractivity contribution in [3.63, 3.8) is 0 Å². The van der Waals surface area contributed by atoms with Crippen molar-refractivity contribution in [2.45, 2.75) is 32.1 Å². The molecule has 6 nitrogen and oxygen atoms in total. The number of nitrogens with two attached hydrogens (primary N) is 2. The van der Waals surface area contributed by atoms with Gasteiger partial charge >= 0.3 is 0 Å². The van der Waals surface area contributed by atoms with Gasteiger partial charge in [0.2, 0.25) is 15.9 Å². The molecule has 0 aliphatic heterocycles. The van der Waals surface area contributed by atoms with Crippen molar-refractivity contribution in [2.24, 2.45) is 16.8 Å². The molecule has 0 radical (unpaired) electrons. The molecule has 1 aromatic carbocycles. The van der Waals surface area contributed by atoms with E-state index in [1.165, 1.54) is 0 Å². The third-order valence-electron chi connectivity index (χ3n) is 2.88. The first-order valence-electron chi connectivity index (χ1n) is 6.32. The topological polar surface area (TPSA) is 115 Å². The molecule has 1 atom stereocenters. The molecule has 7 heteroatoms. The maximum Gasteiger partial charge on any atom is 0.225 e. The normalized spacial score (nSPS) is 13.2. The molecule has 0 bridgehead atoms. The molecule has 112 valence electrons. The van der Waals surface area contributed by atoms with Crippen LogP contribution in [0.4, 0.5) is 5.69 Å². The Bertz CT molecular complexity index is 553. The summed E-state index contributed by atoms with van der Waals surface area (Å²) in [6.45, 7) is 3.92. The second kappa shape index (κ2) is 6.83. The minimum Gasteiger partial charge on any atom is -0.327 e. The Morgan fingerprint density at radius 1 is 1.25 bits per heavy atom. The third kappa shape index (κ3) is 6.14. The zero-order valence-electron chi connectivity index (χ0n) is 11.7. The molecule has 5 N–H and O–H groups in total. The molecule has 0 aromatic heterocycles. The number of amides is 1. The lowest BCUT2D eigenvalue weighted by Gasteiger charge is -2.15. The number of primary sulfonamides is 1. The van der Waals surface area contributed by atoms with E-state index in [1.54, 1.807) is 24.3 Å². The third-order valence-corrected chi connectivity index (χ3v) is 3.62. The van der Waals surface area contributed by atoms with E-state index in [4.69, 9.17) is 10.9 Å². The van der Waals surface area contributed by atoms with E-state index in [1.807, 2.05) is 13.8 Å². The van der Waals surface area contributed by atoms with Gasteiger partial charge in [0.1, 0.15) is 0 Å². The number of nitrogens with one attached hydrogen (secondary N) is 1. The quantitative estimate of drug-likeness (QED) is 0.720. The predicted molar refractivity (Wildman–Crippen MR) is 79.3 cm³/mol. The Morgan fingerprint density at radius 2 is 1.80 bits per heavy atom. The summed E-state index contributed by atoms with van der Waals surface area (Å²) in [5, 5.41) is 7.68. The fourth-order valence-electron chi connectivity index (χ4n) is 1.58. The van der Waals surface area contributed by atoms with Crippen molar-refractivity contribution in [3.8, 4) is 0 Å². The lowest BCUT2D eigenvalue weighted by molar-refractivity contribution is -0.116. The summed E-state index contributed by atoms with van der Waals surface area (Å²) in [6.07, 6.45) is 0.247. The highest BCUT2D eigenvalue weighted by molar-refractivity contribution is 7.88. The smallest absolute Gasteiger partial charge is 0.225 e. The van der Waals surface area contributed by atoms with Gasteiger partial charge in [0.25, 0.3) is 0 Å². The lowest BCUT2D eigenvalue weighted by Crippen LogP contribution is -2.31. The number of carbonyl (C=O) groups is 1. The van der Waals surface area contributed by atoms with Crippen LogP contribution in [0.2, 0.25) is 0 Å². The van der Waals surface area contributed by atoms with E-state index in [-0.39, 0.29) is 30.0 Å². The summed E-state index contributed by atoms with van der Waals surface area (Å²) in [4.78, 5) is 11.7. The van der Waals surface area contributed by atoms with Crippen LogP contribution in [0.5, 0.6) is 0 Å². The van der Waals surface area contributed by atoms with Crippen LogP contribution in [-0.2, 0) is 20.6 Å². The van der Waals surface area contributed by atoms with Crippen LogP contribution in [0.1, 0.15) is 25.8 Å². The Morgan fingerprint density at radius 3 is 2.25 bits per heavy atom. The minimum absolute atomic E-state index is 0.162. The van der Waals surface area contributed by atoms with Crippen molar-refractivity contribution in [2.75, 3.05) is 5.32 Å². The Kier molecular flexibility index (Phi) is 5.67. The minimum atomic E-state index is -3.54. The first-order chi connectivity index (χ1) is 9.17. The molecule has 1 rings (SSSR count).